The van der Waals surface area contributed by atoms with Crippen LogP contribution in [0.15, 0.2) is 72.1 Å². The molecule has 1 unspecified atom stereocenters. The van der Waals surface area contributed by atoms with E-state index in [4.69, 9.17) is 27.9 Å². The van der Waals surface area contributed by atoms with Crippen LogP contribution in [0.3, 0.4) is 0 Å². The second kappa shape index (κ2) is 8.52. The summed E-state index contributed by atoms with van der Waals surface area (Å²) in [7, 11) is 0. The predicted molar refractivity (Wildman–Crippen MR) is 125 cm³/mol. The Morgan fingerprint density at radius 1 is 1.12 bits per heavy atom. The molecule has 0 bridgehead atoms. The van der Waals surface area contributed by atoms with Gasteiger partial charge in [-0.3, -0.25) is 4.79 Å². The molecule has 1 amide bonds. The van der Waals surface area contributed by atoms with Crippen LogP contribution in [-0.2, 0) is 4.79 Å². The zero-order chi connectivity index (χ0) is 22.2. The molecule has 2 aliphatic heterocycles. The summed E-state index contributed by atoms with van der Waals surface area (Å²) in [5, 5.41) is 8.71. The van der Waals surface area contributed by atoms with Gasteiger partial charge in [-0.05, 0) is 36.8 Å². The van der Waals surface area contributed by atoms with E-state index in [9.17, 15) is 4.79 Å². The number of nitrogens with one attached hydrogen (secondary N) is 1. The number of nitrogens with zero attached hydrogens (tertiary/aromatic N) is 3. The van der Waals surface area contributed by atoms with Crippen LogP contribution < -0.4 is 10.1 Å². The minimum atomic E-state index is -0.405. The number of allylic oxidation sites excluding steroid dienone is 1. The van der Waals surface area contributed by atoms with Crippen molar-refractivity contribution in [3.05, 3.63) is 87.7 Å². The molecule has 32 heavy (non-hydrogen) atoms. The summed E-state index contributed by atoms with van der Waals surface area (Å²) in [5.41, 5.74) is 2.29. The van der Waals surface area contributed by atoms with Gasteiger partial charge in [0.25, 0.3) is 5.91 Å². The molecule has 1 N–H and O–H groups in total. The van der Waals surface area contributed by atoms with Crippen LogP contribution in [0.4, 0.5) is 5.82 Å². The molecule has 6 nitrogen and oxygen atoms in total. The SMILES string of the molecule is CC1=C(C(=O)N2CC[C@@H](Oc3ccccc3)C2)C(c2ccc(Cl)c(Cl)c2)n2nccc2N1. The Morgan fingerprint density at radius 2 is 1.94 bits per heavy atom. The number of carbonyl (C=O) groups excluding carboxylic acids is 1. The summed E-state index contributed by atoms with van der Waals surface area (Å²) in [5.74, 6) is 1.60. The molecule has 5 rings (SSSR count). The van der Waals surface area contributed by atoms with Crippen LogP contribution in [0.1, 0.15) is 24.9 Å². The second-order valence-corrected chi connectivity index (χ2v) is 8.81. The van der Waals surface area contributed by atoms with Crippen LogP contribution in [0.2, 0.25) is 10.0 Å². The maximum absolute atomic E-state index is 13.7. The standard InChI is InChI=1S/C24H22Cl2N4O2/c1-15-22(24(31)29-12-10-18(14-29)32-17-5-3-2-4-6-17)23(30-21(28-15)9-11-27-30)16-7-8-19(25)20(26)13-16/h2-9,11,13,18,23,28H,10,12,14H2,1H3/t18-,23?/m1/s1. The number of ether oxygens (including phenoxy) is 1. The summed E-state index contributed by atoms with van der Waals surface area (Å²) in [4.78, 5) is 15.6. The lowest BCUT2D eigenvalue weighted by Gasteiger charge is -2.32. The maximum Gasteiger partial charge on any atom is 0.254 e. The number of benzene rings is 2. The highest BCUT2D eigenvalue weighted by Crippen LogP contribution is 2.38. The minimum absolute atomic E-state index is 0.0358. The number of likely N-dealkylation sites (tertiary alicyclic amines) is 1. The van der Waals surface area contributed by atoms with E-state index in [0.29, 0.717) is 28.7 Å². The first-order valence-corrected chi connectivity index (χ1v) is 11.2. The van der Waals surface area contributed by atoms with E-state index in [1.807, 2.05) is 59.0 Å². The van der Waals surface area contributed by atoms with Crippen molar-refractivity contribution in [2.75, 3.05) is 18.4 Å². The Balaban J connectivity index is 1.44. The van der Waals surface area contributed by atoms with Gasteiger partial charge >= 0.3 is 0 Å². The molecule has 2 aliphatic rings. The molecule has 0 radical (unpaired) electrons. The molecule has 3 aromatic rings. The fourth-order valence-electron chi connectivity index (χ4n) is 4.34. The third-order valence-corrected chi connectivity index (χ3v) is 6.61. The number of para-hydroxylation sites is 1. The number of anilines is 1. The highest BCUT2D eigenvalue weighted by Gasteiger charge is 2.37. The van der Waals surface area contributed by atoms with Gasteiger partial charge in [0.1, 0.15) is 23.7 Å². The number of rotatable bonds is 4. The van der Waals surface area contributed by atoms with Crippen molar-refractivity contribution in [2.45, 2.75) is 25.5 Å². The first-order chi connectivity index (χ1) is 15.5. The zero-order valence-electron chi connectivity index (χ0n) is 17.5. The average Bonchev–Trinajstić information content (AvgIpc) is 3.44. The zero-order valence-corrected chi connectivity index (χ0v) is 19.0. The van der Waals surface area contributed by atoms with E-state index >= 15 is 0 Å². The van der Waals surface area contributed by atoms with Crippen LogP contribution in [0.25, 0.3) is 0 Å². The van der Waals surface area contributed by atoms with E-state index in [0.717, 1.165) is 29.2 Å². The molecule has 164 valence electrons. The van der Waals surface area contributed by atoms with Crippen LogP contribution >= 0.6 is 23.2 Å². The molecule has 1 fully saturated rings. The number of fused-ring (bicyclic) bond motifs is 1. The molecular weight excluding hydrogens is 447 g/mol. The van der Waals surface area contributed by atoms with Gasteiger partial charge in [0.2, 0.25) is 0 Å². The third kappa shape index (κ3) is 3.85. The van der Waals surface area contributed by atoms with Gasteiger partial charge in [-0.15, -0.1) is 0 Å². The van der Waals surface area contributed by atoms with E-state index in [1.165, 1.54) is 0 Å². The number of hydrogen-bond donors (Lipinski definition) is 1. The lowest BCUT2D eigenvalue weighted by molar-refractivity contribution is -0.126. The fourth-order valence-corrected chi connectivity index (χ4v) is 4.65. The topological polar surface area (TPSA) is 59.4 Å². The van der Waals surface area contributed by atoms with Crippen molar-refractivity contribution in [1.29, 1.82) is 0 Å². The Bertz CT molecular complexity index is 1190. The normalized spacial score (nSPS) is 20.2. The summed E-state index contributed by atoms with van der Waals surface area (Å²) in [6.07, 6.45) is 2.46. The molecule has 2 atom stereocenters. The summed E-state index contributed by atoms with van der Waals surface area (Å²) in [6, 6.07) is 16.6. The molecule has 1 aromatic heterocycles. The van der Waals surface area contributed by atoms with Crippen LogP contribution in [0, 0.1) is 0 Å². The Hall–Kier alpha value is -2.96. The lowest BCUT2D eigenvalue weighted by Crippen LogP contribution is -2.38. The Labute approximate surface area is 196 Å². The fraction of sp³-hybridized carbons (Fsp3) is 0.250. The molecule has 0 saturated carbocycles. The highest BCUT2D eigenvalue weighted by atomic mass is 35.5. The highest BCUT2D eigenvalue weighted by molar-refractivity contribution is 6.42. The summed E-state index contributed by atoms with van der Waals surface area (Å²) < 4.78 is 7.89. The second-order valence-electron chi connectivity index (χ2n) is 7.99. The summed E-state index contributed by atoms with van der Waals surface area (Å²) in [6.45, 7) is 3.08. The monoisotopic (exact) mass is 468 g/mol. The van der Waals surface area contributed by atoms with Crippen molar-refractivity contribution in [2.24, 2.45) is 0 Å². The smallest absolute Gasteiger partial charge is 0.254 e. The molecule has 1 saturated heterocycles. The largest absolute Gasteiger partial charge is 0.489 e. The number of halogens is 2. The van der Waals surface area contributed by atoms with Gasteiger partial charge in [-0.1, -0.05) is 47.5 Å². The van der Waals surface area contributed by atoms with Crippen LogP contribution in [0.5, 0.6) is 5.75 Å². The van der Waals surface area contributed by atoms with E-state index in [1.54, 1.807) is 18.3 Å². The van der Waals surface area contributed by atoms with E-state index < -0.39 is 6.04 Å². The van der Waals surface area contributed by atoms with Crippen molar-refractivity contribution in [1.82, 2.24) is 14.7 Å². The molecule has 0 spiro atoms. The van der Waals surface area contributed by atoms with E-state index in [2.05, 4.69) is 10.4 Å². The number of carbonyl (C=O) groups is 1. The van der Waals surface area contributed by atoms with Gasteiger partial charge < -0.3 is 15.0 Å². The lowest BCUT2D eigenvalue weighted by atomic mass is 9.94. The van der Waals surface area contributed by atoms with Gasteiger partial charge in [0, 0.05) is 24.7 Å². The number of amides is 1. The van der Waals surface area contributed by atoms with Gasteiger partial charge in [-0.2, -0.15) is 5.10 Å². The van der Waals surface area contributed by atoms with Gasteiger partial charge in [0.05, 0.1) is 28.4 Å². The average molecular weight is 469 g/mol. The maximum atomic E-state index is 13.7. The first kappa shape index (κ1) is 20.9. The molecule has 0 aliphatic carbocycles. The quantitative estimate of drug-likeness (QED) is 0.574. The van der Waals surface area contributed by atoms with E-state index in [-0.39, 0.29) is 12.0 Å². The van der Waals surface area contributed by atoms with Gasteiger partial charge in [0.15, 0.2) is 0 Å². The number of hydrogen-bond acceptors (Lipinski definition) is 4. The summed E-state index contributed by atoms with van der Waals surface area (Å²) >= 11 is 12.5. The van der Waals surface area contributed by atoms with Crippen molar-refractivity contribution >= 4 is 34.9 Å². The minimum Gasteiger partial charge on any atom is -0.489 e. The molecule has 8 heteroatoms. The number of aromatic nitrogens is 2. The molecule has 2 aromatic carbocycles. The molecular formula is C24H22Cl2N4O2. The predicted octanol–water partition coefficient (Wildman–Crippen LogP) is 5.16. The molecule has 3 heterocycles. The Morgan fingerprint density at radius 3 is 2.72 bits per heavy atom. The Kier molecular flexibility index (Phi) is 5.57. The van der Waals surface area contributed by atoms with Crippen LogP contribution in [-0.4, -0.2) is 39.8 Å². The van der Waals surface area contributed by atoms with Crippen molar-refractivity contribution in [3.63, 3.8) is 0 Å². The third-order valence-electron chi connectivity index (χ3n) is 5.88. The van der Waals surface area contributed by atoms with Gasteiger partial charge in [-0.25, -0.2) is 4.68 Å². The first-order valence-electron chi connectivity index (χ1n) is 10.5. The van der Waals surface area contributed by atoms with Crippen molar-refractivity contribution in [3.8, 4) is 5.75 Å². The van der Waals surface area contributed by atoms with Crippen molar-refractivity contribution < 1.29 is 9.53 Å².